The fourth-order valence-electron chi connectivity index (χ4n) is 4.65. The number of amides is 2. The van der Waals surface area contributed by atoms with Crippen LogP contribution in [-0.2, 0) is 23.4 Å². The normalized spacial score (nSPS) is 29.5. The van der Waals surface area contributed by atoms with E-state index in [2.05, 4.69) is 17.0 Å². The first kappa shape index (κ1) is 30.1. The van der Waals surface area contributed by atoms with Gasteiger partial charge in [0.05, 0.1) is 6.61 Å². The minimum absolute atomic E-state index is 0.0402. The molecule has 1 aromatic rings. The van der Waals surface area contributed by atoms with Crippen molar-refractivity contribution in [3.05, 3.63) is 54.6 Å². The largest absolute Gasteiger partial charge is 0.461 e. The lowest BCUT2D eigenvalue weighted by atomic mass is 9.98. The molecule has 2 fully saturated rings. The van der Waals surface area contributed by atoms with Crippen molar-refractivity contribution in [2.45, 2.75) is 82.2 Å². The smallest absolute Gasteiger partial charge is 0.459 e. The van der Waals surface area contributed by atoms with Crippen LogP contribution in [0, 0.1) is 5.82 Å². The van der Waals surface area contributed by atoms with Crippen molar-refractivity contribution in [3.63, 3.8) is 0 Å². The van der Waals surface area contributed by atoms with Gasteiger partial charge in [0.15, 0.2) is 11.9 Å². The van der Waals surface area contributed by atoms with Crippen LogP contribution in [0.4, 0.5) is 13.6 Å². The number of alkyl halides is 1. The summed E-state index contributed by atoms with van der Waals surface area (Å²) in [7, 11) is -4.42. The third-order valence-electron chi connectivity index (χ3n) is 6.90. The van der Waals surface area contributed by atoms with Gasteiger partial charge in [-0.05, 0) is 69.9 Å². The Labute approximate surface area is 231 Å². The van der Waals surface area contributed by atoms with Gasteiger partial charge >= 0.3 is 19.7 Å². The van der Waals surface area contributed by atoms with E-state index in [4.69, 9.17) is 18.5 Å². The van der Waals surface area contributed by atoms with E-state index in [0.29, 0.717) is 5.70 Å². The Bertz CT molecular complexity index is 1170. The van der Waals surface area contributed by atoms with E-state index in [1.54, 1.807) is 0 Å². The fourth-order valence-corrected chi connectivity index (χ4v) is 6.15. The van der Waals surface area contributed by atoms with Crippen molar-refractivity contribution in [3.8, 4) is 5.75 Å². The van der Waals surface area contributed by atoms with Crippen LogP contribution in [0.15, 0.2) is 48.8 Å². The lowest BCUT2D eigenvalue weighted by Gasteiger charge is -2.33. The number of aliphatic hydroxyl groups excluding tert-OH is 1. The first-order valence-electron chi connectivity index (χ1n) is 13.0. The second kappa shape index (κ2) is 12.4. The number of urea groups is 1. The number of halogens is 2. The molecule has 0 aromatic heterocycles. The van der Waals surface area contributed by atoms with Crippen molar-refractivity contribution < 1.29 is 46.6 Å². The first-order chi connectivity index (χ1) is 18.9. The lowest BCUT2D eigenvalue weighted by molar-refractivity contribution is -0.152. The van der Waals surface area contributed by atoms with Crippen LogP contribution in [-0.4, -0.2) is 64.9 Å². The molecule has 1 aliphatic carbocycles. The molecule has 3 N–H and O–H groups in total. The maximum Gasteiger partial charge on any atom is 0.459 e. The van der Waals surface area contributed by atoms with E-state index in [9.17, 15) is 23.7 Å². The number of hydrogen-bond donors (Lipinski definition) is 3. The minimum atomic E-state index is -4.42. The average molecular weight is 586 g/mol. The number of carbonyl (C=O) groups is 2. The van der Waals surface area contributed by atoms with Gasteiger partial charge in [-0.2, -0.15) is 5.09 Å². The summed E-state index contributed by atoms with van der Waals surface area (Å²) in [6, 6.07) is 2.72. The number of aliphatic hydroxyl groups is 1. The third-order valence-corrected chi connectivity index (χ3v) is 8.54. The summed E-state index contributed by atoms with van der Waals surface area (Å²) in [6.45, 7) is 5.42. The number of hydrogen-bond acceptors (Lipinski definition) is 8. The van der Waals surface area contributed by atoms with Gasteiger partial charge in [0.2, 0.25) is 0 Å². The Morgan fingerprint density at radius 2 is 2.00 bits per heavy atom. The van der Waals surface area contributed by atoms with Gasteiger partial charge in [0.1, 0.15) is 35.9 Å². The molecule has 1 saturated heterocycles. The molecule has 40 heavy (non-hydrogen) atoms. The molecule has 1 saturated carbocycles. The molecule has 220 valence electrons. The summed E-state index contributed by atoms with van der Waals surface area (Å²) in [5.41, 5.74) is -2.15. The molecule has 0 bridgehead atoms. The van der Waals surface area contributed by atoms with E-state index in [-0.39, 0.29) is 11.9 Å². The van der Waals surface area contributed by atoms with Crippen molar-refractivity contribution in [1.29, 1.82) is 0 Å². The number of benzene rings is 1. The zero-order chi connectivity index (χ0) is 29.1. The van der Waals surface area contributed by atoms with E-state index < -0.39 is 62.3 Å². The van der Waals surface area contributed by atoms with Crippen molar-refractivity contribution in [2.75, 3.05) is 6.61 Å². The molecule has 4 rings (SSSR count). The Kier molecular flexibility index (Phi) is 9.31. The summed E-state index contributed by atoms with van der Waals surface area (Å²) in [6.07, 6.45) is 2.14. The molecule has 3 aliphatic rings. The van der Waals surface area contributed by atoms with Crippen LogP contribution in [0.1, 0.15) is 46.0 Å². The van der Waals surface area contributed by atoms with Crippen LogP contribution < -0.4 is 14.9 Å². The number of esters is 1. The number of allylic oxidation sites excluding steroid dienone is 1. The fraction of sp³-hybridized carbons (Fsp3) is 0.538. The molecule has 11 nitrogen and oxygen atoms in total. The number of rotatable bonds is 10. The van der Waals surface area contributed by atoms with Gasteiger partial charge in [-0.1, -0.05) is 13.0 Å². The summed E-state index contributed by atoms with van der Waals surface area (Å²) >= 11 is 0. The van der Waals surface area contributed by atoms with Crippen molar-refractivity contribution in [2.24, 2.45) is 0 Å². The zero-order valence-corrected chi connectivity index (χ0v) is 23.2. The lowest BCUT2D eigenvalue weighted by Crippen LogP contribution is -2.53. The van der Waals surface area contributed by atoms with Crippen LogP contribution in [0.25, 0.3) is 0 Å². The predicted octanol–water partition coefficient (Wildman–Crippen LogP) is 4.05. The molecule has 2 heterocycles. The molecular weight excluding hydrogens is 551 g/mol. The van der Waals surface area contributed by atoms with Crippen molar-refractivity contribution >= 4 is 19.7 Å². The number of nitrogens with zero attached hydrogens (tertiary/aromatic N) is 1. The highest BCUT2D eigenvalue weighted by Crippen LogP contribution is 2.47. The second-order valence-electron chi connectivity index (χ2n) is 10.2. The van der Waals surface area contributed by atoms with Gasteiger partial charge in [0, 0.05) is 11.9 Å². The SMILES string of the molecule is C=C1C=CN([C@@H]2O[C@H](COP(=O)(N[C@@H](C)C(=O)OC3CCCCC3)Oc3ccc(F)cc3)[C@H](O)[C@@]2(C)F)C(=O)N1. The van der Waals surface area contributed by atoms with Crippen molar-refractivity contribution in [1.82, 2.24) is 15.3 Å². The van der Waals surface area contributed by atoms with Gasteiger partial charge in [-0.3, -0.25) is 14.2 Å². The minimum Gasteiger partial charge on any atom is -0.461 e. The molecule has 1 unspecified atom stereocenters. The van der Waals surface area contributed by atoms with Gasteiger partial charge in [0.25, 0.3) is 0 Å². The standard InChI is InChI=1S/C26H34F2N3O8P/c1-16-13-14-31(25(34)29-16)24-26(3,28)22(32)21(38-24)15-36-40(35,39-20-11-9-18(27)10-12-20)30-17(2)23(33)37-19-7-5-4-6-8-19/h9-14,17,19,21-22,24,32H,1,4-8,15H2,2-3H3,(H,29,34)(H,30,35)/t17-,21+,22-,24+,26+,40?/m0/s1. The van der Waals surface area contributed by atoms with Gasteiger partial charge in [-0.15, -0.1) is 0 Å². The highest BCUT2D eigenvalue weighted by Gasteiger charge is 2.57. The third kappa shape index (κ3) is 7.08. The molecule has 1 aromatic carbocycles. The van der Waals surface area contributed by atoms with Crippen LogP contribution in [0.5, 0.6) is 5.75 Å². The van der Waals surface area contributed by atoms with E-state index in [0.717, 1.165) is 56.1 Å². The monoisotopic (exact) mass is 585 g/mol. The summed E-state index contributed by atoms with van der Waals surface area (Å²) in [5.74, 6) is -1.27. The van der Waals surface area contributed by atoms with Crippen LogP contribution in [0.3, 0.4) is 0 Å². The first-order valence-corrected chi connectivity index (χ1v) is 14.6. The number of nitrogens with one attached hydrogen (secondary N) is 2. The van der Waals surface area contributed by atoms with Gasteiger partial charge in [-0.25, -0.2) is 18.1 Å². The quantitative estimate of drug-likeness (QED) is 0.275. The second-order valence-corrected chi connectivity index (χ2v) is 11.9. The number of ether oxygens (including phenoxy) is 2. The Balaban J connectivity index is 1.47. The zero-order valence-electron chi connectivity index (χ0n) is 22.3. The molecule has 6 atom stereocenters. The Morgan fingerprint density at radius 3 is 2.65 bits per heavy atom. The van der Waals surface area contributed by atoms with Gasteiger partial charge < -0.3 is 24.4 Å². The van der Waals surface area contributed by atoms with E-state index >= 15 is 4.39 Å². The van der Waals surface area contributed by atoms with Crippen LogP contribution >= 0.6 is 7.75 Å². The molecule has 2 aliphatic heterocycles. The predicted molar refractivity (Wildman–Crippen MR) is 139 cm³/mol. The summed E-state index contributed by atoms with van der Waals surface area (Å²) in [4.78, 5) is 26.0. The van der Waals surface area contributed by atoms with E-state index in [1.165, 1.54) is 31.3 Å². The van der Waals surface area contributed by atoms with E-state index in [1.807, 2.05) is 0 Å². The average Bonchev–Trinajstić information content (AvgIpc) is 3.13. The highest BCUT2D eigenvalue weighted by molar-refractivity contribution is 7.52. The molecular formula is C26H34F2N3O8P. The molecule has 0 spiro atoms. The highest BCUT2D eigenvalue weighted by atomic mass is 31.2. The molecule has 0 radical (unpaired) electrons. The Morgan fingerprint density at radius 1 is 1.32 bits per heavy atom. The summed E-state index contributed by atoms with van der Waals surface area (Å²) < 4.78 is 65.0. The molecule has 2 amide bonds. The molecule has 14 heteroatoms. The summed E-state index contributed by atoms with van der Waals surface area (Å²) in [5, 5.41) is 15.6. The maximum atomic E-state index is 15.6. The van der Waals surface area contributed by atoms with Crippen LogP contribution in [0.2, 0.25) is 0 Å². The topological polar surface area (TPSA) is 136 Å². The Hall–Kier alpha value is -2.83. The maximum absolute atomic E-state index is 15.6. The number of carbonyl (C=O) groups excluding carboxylic acids is 2.